The van der Waals surface area contributed by atoms with Crippen molar-refractivity contribution in [3.8, 4) is 5.75 Å². The maximum Gasteiger partial charge on any atom is 0.410 e. The first-order valence-electron chi connectivity index (χ1n) is 9.42. The number of carbonyl (C=O) groups excluding carboxylic acids is 1. The van der Waals surface area contributed by atoms with Gasteiger partial charge in [0, 0.05) is 12.1 Å². The highest BCUT2D eigenvalue weighted by Crippen LogP contribution is 2.33. The molecule has 0 bridgehead atoms. The molecule has 6 nitrogen and oxygen atoms in total. The number of ether oxygens (including phenoxy) is 4. The molecule has 28 heavy (non-hydrogen) atoms. The van der Waals surface area contributed by atoms with E-state index in [-0.39, 0.29) is 26.1 Å². The Morgan fingerprint density at radius 2 is 1.93 bits per heavy atom. The van der Waals surface area contributed by atoms with E-state index in [1.54, 1.807) is 27.7 Å². The number of nitrogens with zero attached hydrogens (tertiary/aromatic N) is 1. The second-order valence-electron chi connectivity index (χ2n) is 7.52. The lowest BCUT2D eigenvalue weighted by Gasteiger charge is -2.27. The van der Waals surface area contributed by atoms with Crippen molar-refractivity contribution in [1.82, 2.24) is 4.90 Å². The molecule has 158 valence electrons. The Hall–Kier alpha value is -1.93. The van der Waals surface area contributed by atoms with Crippen LogP contribution in [-0.4, -0.2) is 56.2 Å². The molecule has 0 aliphatic carbocycles. The topological polar surface area (TPSA) is 57.2 Å². The van der Waals surface area contributed by atoms with E-state index in [9.17, 15) is 13.6 Å². The molecule has 1 aliphatic rings. The lowest BCUT2D eigenvalue weighted by molar-refractivity contribution is -0.0470. The molecule has 1 saturated heterocycles. The van der Waals surface area contributed by atoms with E-state index >= 15 is 0 Å². The molecule has 1 fully saturated rings. The monoisotopic (exact) mass is 401 g/mol. The van der Waals surface area contributed by atoms with Crippen LogP contribution in [0.3, 0.4) is 0 Å². The van der Waals surface area contributed by atoms with E-state index in [0.29, 0.717) is 30.1 Å². The van der Waals surface area contributed by atoms with Crippen molar-refractivity contribution in [1.29, 1.82) is 0 Å². The third-order valence-corrected chi connectivity index (χ3v) is 4.10. The van der Waals surface area contributed by atoms with Crippen molar-refractivity contribution in [3.63, 3.8) is 0 Å². The molecular formula is C20H29F2NO5. The van der Waals surface area contributed by atoms with E-state index in [4.69, 9.17) is 18.9 Å². The molecule has 1 heterocycles. The fourth-order valence-corrected chi connectivity index (χ4v) is 2.78. The minimum absolute atomic E-state index is 0.157. The minimum Gasteiger partial charge on any atom is -0.491 e. The maximum absolute atomic E-state index is 14.2. The van der Waals surface area contributed by atoms with Crippen LogP contribution in [0.4, 0.5) is 13.6 Å². The zero-order valence-corrected chi connectivity index (χ0v) is 16.9. The second kappa shape index (κ2) is 10.0. The van der Waals surface area contributed by atoms with Gasteiger partial charge >= 0.3 is 6.09 Å². The number of alkyl halides is 1. The van der Waals surface area contributed by atoms with Gasteiger partial charge < -0.3 is 23.8 Å². The molecule has 0 atom stereocenters. The SMILES string of the molecule is Cc1c(OCCN(CCCF)C(=O)OC(C)(C)C)ccc(F)c1C1OCCO1. The highest BCUT2D eigenvalue weighted by atomic mass is 19.1. The Labute approximate surface area is 164 Å². The average molecular weight is 401 g/mol. The van der Waals surface area contributed by atoms with Crippen LogP contribution in [0.1, 0.15) is 44.6 Å². The summed E-state index contributed by atoms with van der Waals surface area (Å²) in [5, 5.41) is 0. The molecule has 0 radical (unpaired) electrons. The van der Waals surface area contributed by atoms with Gasteiger partial charge in [-0.2, -0.15) is 0 Å². The van der Waals surface area contributed by atoms with Crippen molar-refractivity contribution in [2.24, 2.45) is 0 Å². The van der Waals surface area contributed by atoms with Crippen LogP contribution >= 0.6 is 0 Å². The van der Waals surface area contributed by atoms with Gasteiger partial charge in [0.15, 0.2) is 6.29 Å². The highest BCUT2D eigenvalue weighted by molar-refractivity contribution is 5.68. The number of hydrogen-bond donors (Lipinski definition) is 0. The van der Waals surface area contributed by atoms with Crippen molar-refractivity contribution in [3.05, 3.63) is 29.1 Å². The van der Waals surface area contributed by atoms with Crippen molar-refractivity contribution in [2.75, 3.05) is 39.6 Å². The Morgan fingerprint density at radius 3 is 2.54 bits per heavy atom. The number of carbonyl (C=O) groups is 1. The third kappa shape index (κ3) is 6.31. The maximum atomic E-state index is 14.2. The van der Waals surface area contributed by atoms with Gasteiger partial charge in [-0.3, -0.25) is 4.39 Å². The van der Waals surface area contributed by atoms with Crippen molar-refractivity contribution in [2.45, 2.75) is 46.0 Å². The smallest absolute Gasteiger partial charge is 0.410 e. The number of amides is 1. The Bertz CT molecular complexity index is 657. The first-order valence-corrected chi connectivity index (χ1v) is 9.42. The lowest BCUT2D eigenvalue weighted by atomic mass is 10.1. The first kappa shape index (κ1) is 22.4. The normalized spacial score (nSPS) is 14.9. The van der Waals surface area contributed by atoms with Gasteiger partial charge in [-0.15, -0.1) is 0 Å². The average Bonchev–Trinajstić information content (AvgIpc) is 3.12. The van der Waals surface area contributed by atoms with Crippen LogP contribution in [0.5, 0.6) is 5.75 Å². The predicted molar refractivity (Wildman–Crippen MR) is 99.7 cm³/mol. The van der Waals surface area contributed by atoms with Crippen molar-refractivity contribution >= 4 is 6.09 Å². The number of benzene rings is 1. The quantitative estimate of drug-likeness (QED) is 0.655. The number of hydrogen-bond acceptors (Lipinski definition) is 5. The lowest BCUT2D eigenvalue weighted by Crippen LogP contribution is -2.39. The van der Waals surface area contributed by atoms with E-state index < -0.39 is 30.5 Å². The zero-order valence-electron chi connectivity index (χ0n) is 16.9. The van der Waals surface area contributed by atoms with Gasteiger partial charge in [-0.05, 0) is 46.2 Å². The van der Waals surface area contributed by atoms with Crippen LogP contribution in [-0.2, 0) is 14.2 Å². The van der Waals surface area contributed by atoms with E-state index in [1.807, 2.05) is 0 Å². The summed E-state index contributed by atoms with van der Waals surface area (Å²) in [6.45, 7) is 7.94. The highest BCUT2D eigenvalue weighted by Gasteiger charge is 2.26. The second-order valence-corrected chi connectivity index (χ2v) is 7.52. The summed E-state index contributed by atoms with van der Waals surface area (Å²) in [6.07, 6.45) is -1.05. The molecule has 8 heteroatoms. The summed E-state index contributed by atoms with van der Waals surface area (Å²) in [5.41, 5.74) is 0.256. The van der Waals surface area contributed by atoms with Crippen LogP contribution in [0.2, 0.25) is 0 Å². The fraction of sp³-hybridized carbons (Fsp3) is 0.650. The van der Waals surface area contributed by atoms with Crippen LogP contribution in [0.25, 0.3) is 0 Å². The summed E-state index contributed by atoms with van der Waals surface area (Å²) < 4.78 is 48.7. The molecular weight excluding hydrogens is 372 g/mol. The van der Waals surface area contributed by atoms with E-state index in [2.05, 4.69) is 0 Å². The van der Waals surface area contributed by atoms with Crippen LogP contribution in [0, 0.1) is 12.7 Å². The summed E-state index contributed by atoms with van der Waals surface area (Å²) in [7, 11) is 0. The summed E-state index contributed by atoms with van der Waals surface area (Å²) in [4.78, 5) is 13.7. The van der Waals surface area contributed by atoms with Gasteiger partial charge in [0.05, 0.1) is 32.0 Å². The molecule has 1 amide bonds. The molecule has 0 spiro atoms. The minimum atomic E-state index is -0.744. The molecule has 0 unspecified atom stereocenters. The Balaban J connectivity index is 2.01. The van der Waals surface area contributed by atoms with Crippen LogP contribution in [0.15, 0.2) is 12.1 Å². The molecule has 0 aromatic heterocycles. The summed E-state index contributed by atoms with van der Waals surface area (Å²) in [6, 6.07) is 2.83. The standard InChI is InChI=1S/C20H29F2NO5/c1-14-16(7-6-15(22)17(14)18-26-12-13-27-18)25-11-10-23(9-5-8-21)19(24)28-20(2,3)4/h6-7,18H,5,8-13H2,1-4H3. The van der Waals surface area contributed by atoms with Crippen LogP contribution < -0.4 is 4.74 Å². The molecule has 0 saturated carbocycles. The molecule has 2 rings (SSSR count). The summed E-state index contributed by atoms with van der Waals surface area (Å²) in [5.74, 6) is 0.0557. The fourth-order valence-electron chi connectivity index (χ4n) is 2.78. The van der Waals surface area contributed by atoms with Gasteiger partial charge in [0.25, 0.3) is 0 Å². The molecule has 1 aliphatic heterocycles. The van der Waals surface area contributed by atoms with Gasteiger partial charge in [0.2, 0.25) is 0 Å². The first-order chi connectivity index (χ1) is 13.2. The molecule has 1 aromatic rings. The van der Waals surface area contributed by atoms with E-state index in [1.165, 1.54) is 17.0 Å². The van der Waals surface area contributed by atoms with Crippen molar-refractivity contribution < 1.29 is 32.5 Å². The number of rotatable bonds is 8. The Kier molecular flexibility index (Phi) is 8.00. The summed E-state index contributed by atoms with van der Waals surface area (Å²) >= 11 is 0. The number of halogens is 2. The molecule has 1 aromatic carbocycles. The zero-order chi connectivity index (χ0) is 20.7. The molecule has 0 N–H and O–H groups in total. The van der Waals surface area contributed by atoms with Gasteiger partial charge in [0.1, 0.15) is 23.8 Å². The predicted octanol–water partition coefficient (Wildman–Crippen LogP) is 4.16. The third-order valence-electron chi connectivity index (χ3n) is 4.10. The van der Waals surface area contributed by atoms with Gasteiger partial charge in [-0.1, -0.05) is 0 Å². The van der Waals surface area contributed by atoms with Gasteiger partial charge in [-0.25, -0.2) is 9.18 Å². The Morgan fingerprint density at radius 1 is 1.25 bits per heavy atom. The van der Waals surface area contributed by atoms with E-state index in [0.717, 1.165) is 0 Å². The largest absolute Gasteiger partial charge is 0.491 e.